The molecule has 2 aliphatic rings. The van der Waals surface area contributed by atoms with Gasteiger partial charge in [-0.25, -0.2) is 13.9 Å². The van der Waals surface area contributed by atoms with Gasteiger partial charge in [0.05, 0.1) is 5.69 Å². The molecular formula is C18H18FN3O3. The Balaban J connectivity index is 1.70. The van der Waals surface area contributed by atoms with E-state index >= 15 is 0 Å². The molecule has 1 aromatic heterocycles. The quantitative estimate of drug-likeness (QED) is 0.892. The van der Waals surface area contributed by atoms with Crippen LogP contribution in [-0.2, 0) is 17.6 Å². The average molecular weight is 343 g/mol. The van der Waals surface area contributed by atoms with E-state index in [1.54, 1.807) is 16.8 Å². The van der Waals surface area contributed by atoms with Gasteiger partial charge in [0.15, 0.2) is 5.69 Å². The molecule has 2 aromatic rings. The molecule has 0 unspecified atom stereocenters. The van der Waals surface area contributed by atoms with E-state index in [9.17, 15) is 19.1 Å². The summed E-state index contributed by atoms with van der Waals surface area (Å²) in [5, 5.41) is 16.5. The summed E-state index contributed by atoms with van der Waals surface area (Å²) in [6.07, 6.45) is 4.01. The number of nitrogens with one attached hydrogen (secondary N) is 1. The summed E-state index contributed by atoms with van der Waals surface area (Å²) in [6, 6.07) is 6.06. The van der Waals surface area contributed by atoms with Gasteiger partial charge >= 0.3 is 5.97 Å². The summed E-state index contributed by atoms with van der Waals surface area (Å²) < 4.78 is 15.2. The molecule has 0 bridgehead atoms. The third kappa shape index (κ3) is 2.50. The number of halogens is 1. The van der Waals surface area contributed by atoms with Crippen molar-refractivity contribution in [2.24, 2.45) is 0 Å². The number of carbonyl (C=O) groups excluding carboxylic acids is 1. The van der Waals surface area contributed by atoms with Crippen molar-refractivity contribution in [3.8, 4) is 5.69 Å². The number of amides is 1. The fourth-order valence-electron chi connectivity index (χ4n) is 3.64. The number of aromatic nitrogens is 2. The van der Waals surface area contributed by atoms with Crippen molar-refractivity contribution in [2.75, 3.05) is 0 Å². The van der Waals surface area contributed by atoms with Crippen LogP contribution >= 0.6 is 0 Å². The maximum atomic E-state index is 13.5. The summed E-state index contributed by atoms with van der Waals surface area (Å²) in [6.45, 7) is 0. The smallest absolute Gasteiger partial charge is 0.329 e. The zero-order valence-electron chi connectivity index (χ0n) is 13.6. The van der Waals surface area contributed by atoms with E-state index in [1.807, 2.05) is 0 Å². The second-order valence-electron chi connectivity index (χ2n) is 6.71. The van der Waals surface area contributed by atoms with Crippen LogP contribution < -0.4 is 5.32 Å². The number of benzene rings is 1. The molecule has 25 heavy (non-hydrogen) atoms. The molecule has 1 amide bonds. The minimum absolute atomic E-state index is 0.254. The number of carbonyl (C=O) groups is 2. The highest BCUT2D eigenvalue weighted by Gasteiger charge is 2.46. The molecule has 0 spiro atoms. The summed E-state index contributed by atoms with van der Waals surface area (Å²) in [5.41, 5.74) is 1.37. The minimum atomic E-state index is -1.18. The fraction of sp³-hybridized carbons (Fsp3) is 0.389. The standard InChI is InChI=1S/C18H18FN3O3/c19-11-4-1-5-12(10-11)22-14-7-2-6-13(14)15(21-22)16(23)20-18(17(24)25)8-3-9-18/h1,4-5,10H,2-3,6-9H2,(H,20,23)(H,24,25). The Morgan fingerprint density at radius 2 is 2.04 bits per heavy atom. The first-order chi connectivity index (χ1) is 12.0. The third-order valence-electron chi connectivity index (χ3n) is 5.17. The minimum Gasteiger partial charge on any atom is -0.480 e. The Morgan fingerprint density at radius 1 is 1.24 bits per heavy atom. The molecule has 6 nitrogen and oxygen atoms in total. The summed E-state index contributed by atoms with van der Waals surface area (Å²) in [4.78, 5) is 24.2. The zero-order chi connectivity index (χ0) is 17.6. The average Bonchev–Trinajstić information content (AvgIpc) is 3.12. The van der Waals surface area contributed by atoms with E-state index in [0.29, 0.717) is 24.9 Å². The van der Waals surface area contributed by atoms with Gasteiger partial charge in [0.25, 0.3) is 5.91 Å². The van der Waals surface area contributed by atoms with E-state index in [4.69, 9.17) is 0 Å². The van der Waals surface area contributed by atoms with Crippen molar-refractivity contribution in [1.29, 1.82) is 0 Å². The first-order valence-corrected chi connectivity index (χ1v) is 8.43. The molecule has 0 saturated heterocycles. The predicted molar refractivity (Wildman–Crippen MR) is 87.2 cm³/mol. The molecule has 1 heterocycles. The highest BCUT2D eigenvalue weighted by atomic mass is 19.1. The van der Waals surface area contributed by atoms with Gasteiger partial charge < -0.3 is 10.4 Å². The van der Waals surface area contributed by atoms with Crippen molar-refractivity contribution in [1.82, 2.24) is 15.1 Å². The number of rotatable bonds is 4. The maximum Gasteiger partial charge on any atom is 0.329 e. The van der Waals surface area contributed by atoms with Crippen LogP contribution in [0.2, 0.25) is 0 Å². The molecule has 0 radical (unpaired) electrons. The van der Waals surface area contributed by atoms with Crippen molar-refractivity contribution in [2.45, 2.75) is 44.1 Å². The Labute approximate surface area is 143 Å². The van der Waals surface area contributed by atoms with Crippen LogP contribution in [0.3, 0.4) is 0 Å². The van der Waals surface area contributed by atoms with Crippen LogP contribution in [0.1, 0.15) is 47.4 Å². The zero-order valence-corrected chi connectivity index (χ0v) is 13.6. The normalized spacial score (nSPS) is 17.6. The maximum absolute atomic E-state index is 13.5. The Morgan fingerprint density at radius 3 is 2.68 bits per heavy atom. The van der Waals surface area contributed by atoms with E-state index < -0.39 is 17.4 Å². The molecule has 1 aromatic carbocycles. The molecule has 1 fully saturated rings. The van der Waals surface area contributed by atoms with Gasteiger partial charge in [-0.2, -0.15) is 5.10 Å². The molecule has 0 aliphatic heterocycles. The number of nitrogens with zero attached hydrogens (tertiary/aromatic N) is 2. The van der Waals surface area contributed by atoms with Gasteiger partial charge in [-0.15, -0.1) is 0 Å². The molecule has 2 N–H and O–H groups in total. The first-order valence-electron chi connectivity index (χ1n) is 8.43. The van der Waals surface area contributed by atoms with E-state index in [1.165, 1.54) is 12.1 Å². The van der Waals surface area contributed by atoms with E-state index in [0.717, 1.165) is 30.5 Å². The van der Waals surface area contributed by atoms with Gasteiger partial charge in [-0.1, -0.05) is 6.07 Å². The van der Waals surface area contributed by atoms with Crippen molar-refractivity contribution < 1.29 is 19.1 Å². The van der Waals surface area contributed by atoms with Gasteiger partial charge in [0.1, 0.15) is 11.4 Å². The van der Waals surface area contributed by atoms with Crippen LogP contribution in [0, 0.1) is 5.82 Å². The number of hydrogen-bond donors (Lipinski definition) is 2. The lowest BCUT2D eigenvalue weighted by molar-refractivity contribution is -0.148. The molecule has 7 heteroatoms. The molecular weight excluding hydrogens is 325 g/mol. The lowest BCUT2D eigenvalue weighted by Crippen LogP contribution is -2.59. The van der Waals surface area contributed by atoms with Gasteiger partial charge in [0.2, 0.25) is 0 Å². The predicted octanol–water partition coefficient (Wildman–Crippen LogP) is 2.24. The van der Waals surface area contributed by atoms with E-state index in [2.05, 4.69) is 10.4 Å². The molecule has 0 atom stereocenters. The summed E-state index contributed by atoms with van der Waals surface area (Å²) >= 11 is 0. The lowest BCUT2D eigenvalue weighted by atomic mass is 9.76. The number of aliphatic carboxylic acids is 1. The Kier molecular flexibility index (Phi) is 3.59. The summed E-state index contributed by atoms with van der Waals surface area (Å²) in [7, 11) is 0. The highest BCUT2D eigenvalue weighted by Crippen LogP contribution is 2.33. The second-order valence-corrected chi connectivity index (χ2v) is 6.71. The summed E-state index contributed by atoms with van der Waals surface area (Å²) in [5.74, 6) is -1.84. The van der Waals surface area contributed by atoms with Crippen molar-refractivity contribution in [3.63, 3.8) is 0 Å². The fourth-order valence-corrected chi connectivity index (χ4v) is 3.64. The molecule has 1 saturated carbocycles. The van der Waals surface area contributed by atoms with E-state index in [-0.39, 0.29) is 11.5 Å². The number of fused-ring (bicyclic) bond motifs is 1. The number of carboxylic acid groups (broad SMARTS) is 1. The van der Waals surface area contributed by atoms with Crippen molar-refractivity contribution in [3.05, 3.63) is 47.0 Å². The first kappa shape index (κ1) is 15.8. The Bertz CT molecular complexity index is 870. The van der Waals surface area contributed by atoms with Crippen LogP contribution in [-0.4, -0.2) is 32.3 Å². The number of carboxylic acids is 1. The highest BCUT2D eigenvalue weighted by molar-refractivity contribution is 5.98. The van der Waals surface area contributed by atoms with Gasteiger partial charge in [-0.05, 0) is 56.7 Å². The third-order valence-corrected chi connectivity index (χ3v) is 5.17. The SMILES string of the molecule is O=C(NC1(C(=O)O)CCC1)c1nn(-c2cccc(F)c2)c2c1CCC2. The molecule has 4 rings (SSSR count). The number of hydrogen-bond acceptors (Lipinski definition) is 3. The lowest BCUT2D eigenvalue weighted by Gasteiger charge is -2.38. The van der Waals surface area contributed by atoms with Gasteiger partial charge in [0, 0.05) is 11.3 Å². The van der Waals surface area contributed by atoms with Crippen LogP contribution in [0.5, 0.6) is 0 Å². The Hall–Kier alpha value is -2.70. The molecule has 130 valence electrons. The van der Waals surface area contributed by atoms with Crippen LogP contribution in [0.4, 0.5) is 4.39 Å². The topological polar surface area (TPSA) is 84.2 Å². The monoisotopic (exact) mass is 343 g/mol. The molecule has 2 aliphatic carbocycles. The van der Waals surface area contributed by atoms with Crippen molar-refractivity contribution >= 4 is 11.9 Å². The largest absolute Gasteiger partial charge is 0.480 e. The van der Waals surface area contributed by atoms with Gasteiger partial charge in [-0.3, -0.25) is 4.79 Å². The second kappa shape index (κ2) is 5.68. The van der Waals surface area contributed by atoms with Crippen LogP contribution in [0.25, 0.3) is 5.69 Å². The van der Waals surface area contributed by atoms with Crippen LogP contribution in [0.15, 0.2) is 24.3 Å².